The smallest absolute Gasteiger partial charge is 0.244 e. The lowest BCUT2D eigenvalue weighted by Crippen LogP contribution is -2.19. The van der Waals surface area contributed by atoms with Crippen LogP contribution in [0.1, 0.15) is 5.01 Å². The summed E-state index contributed by atoms with van der Waals surface area (Å²) in [5.74, 6) is 0.392. The first-order valence-electron chi connectivity index (χ1n) is 8.08. The number of carbonyl (C=O) groups is 1. The second-order valence-corrected chi connectivity index (χ2v) is 7.97. The third kappa shape index (κ3) is 3.78. The Balaban J connectivity index is 1.56. The largest absolute Gasteiger partial charge is 0.324 e. The Kier molecular flexibility index (Phi) is 4.77. The van der Waals surface area contributed by atoms with Crippen LogP contribution in [0.3, 0.4) is 0 Å². The van der Waals surface area contributed by atoms with Gasteiger partial charge in [-0.3, -0.25) is 14.5 Å². The van der Waals surface area contributed by atoms with E-state index < -0.39 is 0 Å². The van der Waals surface area contributed by atoms with E-state index in [1.807, 2.05) is 37.3 Å². The van der Waals surface area contributed by atoms with Crippen molar-refractivity contribution in [1.29, 1.82) is 0 Å². The van der Waals surface area contributed by atoms with Crippen LogP contribution in [0.2, 0.25) is 5.02 Å². The van der Waals surface area contributed by atoms with Gasteiger partial charge in [-0.1, -0.05) is 11.6 Å². The number of halogens is 1. The fraction of sp³-hybridized carbons (Fsp3) is 0.111. The SMILES string of the molecule is Cc1nc2ccc(NC(=O)Cn3c(-c4ccc(Cl)cc4)n[nH]c3=S)cc2s1. The summed E-state index contributed by atoms with van der Waals surface area (Å²) in [6.45, 7) is 2.01. The van der Waals surface area contributed by atoms with Crippen LogP contribution in [-0.4, -0.2) is 25.7 Å². The minimum atomic E-state index is -0.191. The Hall–Kier alpha value is -2.55. The Morgan fingerprint density at radius 3 is 2.85 bits per heavy atom. The lowest BCUT2D eigenvalue weighted by atomic mass is 10.2. The number of rotatable bonds is 4. The second kappa shape index (κ2) is 7.22. The molecule has 0 spiro atoms. The fourth-order valence-electron chi connectivity index (χ4n) is 2.75. The van der Waals surface area contributed by atoms with Gasteiger partial charge < -0.3 is 5.32 Å². The van der Waals surface area contributed by atoms with E-state index in [0.717, 1.165) is 26.5 Å². The molecule has 6 nitrogen and oxygen atoms in total. The highest BCUT2D eigenvalue weighted by Crippen LogP contribution is 2.25. The van der Waals surface area contributed by atoms with Crippen LogP contribution in [0, 0.1) is 11.7 Å². The molecule has 1 amide bonds. The molecule has 0 aliphatic carbocycles. The number of benzene rings is 2. The zero-order valence-corrected chi connectivity index (χ0v) is 16.6. The predicted octanol–water partition coefficient (Wildman–Crippen LogP) is 4.82. The summed E-state index contributed by atoms with van der Waals surface area (Å²) in [6.07, 6.45) is 0. The summed E-state index contributed by atoms with van der Waals surface area (Å²) in [4.78, 5) is 17.0. The Morgan fingerprint density at radius 1 is 1.30 bits per heavy atom. The van der Waals surface area contributed by atoms with Crippen molar-refractivity contribution in [3.8, 4) is 11.4 Å². The fourth-order valence-corrected chi connectivity index (χ4v) is 3.93. The van der Waals surface area contributed by atoms with Gasteiger partial charge in [0.05, 0.1) is 15.2 Å². The van der Waals surface area contributed by atoms with Gasteiger partial charge in [0.2, 0.25) is 5.91 Å². The molecule has 4 aromatic rings. The van der Waals surface area contributed by atoms with Crippen molar-refractivity contribution in [3.63, 3.8) is 0 Å². The van der Waals surface area contributed by atoms with Crippen molar-refractivity contribution < 1.29 is 4.79 Å². The van der Waals surface area contributed by atoms with Gasteiger partial charge in [0.15, 0.2) is 10.6 Å². The molecule has 2 aromatic heterocycles. The molecule has 9 heteroatoms. The number of nitrogens with one attached hydrogen (secondary N) is 2. The minimum Gasteiger partial charge on any atom is -0.324 e. The molecule has 2 N–H and O–H groups in total. The molecule has 0 aliphatic heterocycles. The zero-order chi connectivity index (χ0) is 19.0. The van der Waals surface area contributed by atoms with Crippen LogP contribution in [-0.2, 0) is 11.3 Å². The average Bonchev–Trinajstić information content (AvgIpc) is 3.17. The van der Waals surface area contributed by atoms with Crippen molar-refractivity contribution in [2.75, 3.05) is 5.32 Å². The summed E-state index contributed by atoms with van der Waals surface area (Å²) in [6, 6.07) is 12.9. The molecule has 0 saturated carbocycles. The molecule has 0 atom stereocenters. The van der Waals surface area contributed by atoms with Crippen molar-refractivity contribution in [2.45, 2.75) is 13.5 Å². The van der Waals surface area contributed by atoms with E-state index in [1.54, 1.807) is 28.0 Å². The molecule has 0 bridgehead atoms. The molecule has 2 heterocycles. The lowest BCUT2D eigenvalue weighted by Gasteiger charge is -2.08. The van der Waals surface area contributed by atoms with Crippen molar-refractivity contribution in [2.24, 2.45) is 0 Å². The van der Waals surface area contributed by atoms with E-state index in [0.29, 0.717) is 15.6 Å². The van der Waals surface area contributed by atoms with E-state index in [4.69, 9.17) is 23.8 Å². The third-order valence-electron chi connectivity index (χ3n) is 3.94. The number of fused-ring (bicyclic) bond motifs is 1. The number of anilines is 1. The summed E-state index contributed by atoms with van der Waals surface area (Å²) >= 11 is 12.8. The minimum absolute atomic E-state index is 0.0487. The molecule has 0 aliphatic rings. The number of aryl methyl sites for hydroxylation is 1. The first-order chi connectivity index (χ1) is 13.0. The van der Waals surface area contributed by atoms with Gasteiger partial charge in [0, 0.05) is 16.3 Å². The molecule has 0 unspecified atom stereocenters. The summed E-state index contributed by atoms with van der Waals surface area (Å²) in [7, 11) is 0. The van der Waals surface area contributed by atoms with Crippen molar-refractivity contribution >= 4 is 57.0 Å². The van der Waals surface area contributed by atoms with Gasteiger partial charge >= 0.3 is 0 Å². The number of aromatic nitrogens is 4. The third-order valence-corrected chi connectivity index (χ3v) is 5.44. The first-order valence-corrected chi connectivity index (χ1v) is 9.68. The number of hydrogen-bond donors (Lipinski definition) is 2. The van der Waals surface area contributed by atoms with Crippen LogP contribution >= 0.6 is 35.2 Å². The molecule has 0 radical (unpaired) electrons. The van der Waals surface area contributed by atoms with Crippen LogP contribution in [0.25, 0.3) is 21.6 Å². The van der Waals surface area contributed by atoms with Crippen LogP contribution in [0.5, 0.6) is 0 Å². The van der Waals surface area contributed by atoms with Gasteiger partial charge in [0.1, 0.15) is 6.54 Å². The van der Waals surface area contributed by atoms with Gasteiger partial charge in [-0.2, -0.15) is 5.10 Å². The van der Waals surface area contributed by atoms with Crippen molar-refractivity contribution in [1.82, 2.24) is 19.7 Å². The zero-order valence-electron chi connectivity index (χ0n) is 14.2. The number of H-pyrrole nitrogens is 1. The molecule has 0 saturated heterocycles. The number of carbonyl (C=O) groups excluding carboxylic acids is 1. The maximum atomic E-state index is 12.6. The second-order valence-electron chi connectivity index (χ2n) is 5.91. The van der Waals surface area contributed by atoms with Crippen LogP contribution < -0.4 is 5.32 Å². The Bertz CT molecular complexity index is 1190. The van der Waals surface area contributed by atoms with E-state index in [1.165, 1.54) is 0 Å². The van der Waals surface area contributed by atoms with Gasteiger partial charge in [-0.25, -0.2) is 4.98 Å². The van der Waals surface area contributed by atoms with E-state index in [9.17, 15) is 4.79 Å². The summed E-state index contributed by atoms with van der Waals surface area (Å²) in [5.41, 5.74) is 2.47. The van der Waals surface area contributed by atoms with Gasteiger partial charge in [-0.05, 0) is 61.6 Å². The normalized spacial score (nSPS) is 11.0. The van der Waals surface area contributed by atoms with Gasteiger partial charge in [0.25, 0.3) is 0 Å². The molecular weight excluding hydrogens is 402 g/mol. The lowest BCUT2D eigenvalue weighted by molar-refractivity contribution is -0.116. The summed E-state index contributed by atoms with van der Waals surface area (Å²) in [5, 5.41) is 11.5. The highest BCUT2D eigenvalue weighted by atomic mass is 35.5. The number of amides is 1. The molecule has 2 aromatic carbocycles. The number of aromatic amines is 1. The van der Waals surface area contributed by atoms with Crippen LogP contribution in [0.4, 0.5) is 5.69 Å². The quantitative estimate of drug-likeness (QED) is 0.468. The predicted molar refractivity (Wildman–Crippen MR) is 111 cm³/mol. The molecular formula is C18H14ClN5OS2. The highest BCUT2D eigenvalue weighted by molar-refractivity contribution is 7.71. The number of thiazole rings is 1. The van der Waals surface area contributed by atoms with E-state index in [-0.39, 0.29) is 12.5 Å². The highest BCUT2D eigenvalue weighted by Gasteiger charge is 2.13. The topological polar surface area (TPSA) is 75.6 Å². The maximum Gasteiger partial charge on any atom is 0.244 e. The Morgan fingerprint density at radius 2 is 2.07 bits per heavy atom. The van der Waals surface area contributed by atoms with E-state index in [2.05, 4.69) is 20.5 Å². The first kappa shape index (κ1) is 17.8. The molecule has 136 valence electrons. The van der Waals surface area contributed by atoms with Gasteiger partial charge in [-0.15, -0.1) is 11.3 Å². The molecule has 27 heavy (non-hydrogen) atoms. The monoisotopic (exact) mass is 415 g/mol. The maximum absolute atomic E-state index is 12.6. The number of hydrogen-bond acceptors (Lipinski definition) is 5. The van der Waals surface area contributed by atoms with E-state index >= 15 is 0 Å². The Labute approximate surface area is 168 Å². The average molecular weight is 416 g/mol. The van der Waals surface area contributed by atoms with Crippen LogP contribution in [0.15, 0.2) is 42.5 Å². The number of nitrogens with zero attached hydrogens (tertiary/aromatic N) is 3. The molecule has 4 rings (SSSR count). The standard InChI is InChI=1S/C18H14ClN5OS2/c1-10-20-14-7-6-13(8-15(14)27-10)21-16(25)9-24-17(22-23-18(24)26)11-2-4-12(19)5-3-11/h2-8H,9H2,1H3,(H,21,25)(H,23,26). The molecule has 0 fully saturated rings. The summed E-state index contributed by atoms with van der Waals surface area (Å²) < 4.78 is 3.07. The van der Waals surface area contributed by atoms with Crippen molar-refractivity contribution in [3.05, 3.63) is 57.3 Å².